The van der Waals surface area contributed by atoms with Crippen LogP contribution in [0.1, 0.15) is 27.7 Å². The van der Waals surface area contributed by atoms with E-state index in [1.165, 1.54) is 4.67 Å². The summed E-state index contributed by atoms with van der Waals surface area (Å²) in [6.07, 6.45) is 0. The fraction of sp³-hybridized carbons (Fsp3) is 1.00. The van der Waals surface area contributed by atoms with Crippen LogP contribution < -0.4 is 0 Å². The highest BCUT2D eigenvalue weighted by Crippen LogP contribution is 2.66. The van der Waals surface area contributed by atoms with Gasteiger partial charge in [0.05, 0.1) is 13.2 Å². The Bertz CT molecular complexity index is 480. The molecule has 0 saturated carbocycles. The van der Waals surface area contributed by atoms with E-state index in [4.69, 9.17) is 9.05 Å². The van der Waals surface area contributed by atoms with Gasteiger partial charge >= 0.3 is 7.75 Å². The summed E-state index contributed by atoms with van der Waals surface area (Å²) >= 11 is 20.7. The molecule has 27 heavy (non-hydrogen) atoms. The molecule has 0 rings (SSSR count). The van der Waals surface area contributed by atoms with Crippen molar-refractivity contribution < 1.29 is 23.8 Å². The van der Waals surface area contributed by atoms with Crippen molar-refractivity contribution in [3.63, 3.8) is 0 Å². The second kappa shape index (κ2) is 11.7. The summed E-state index contributed by atoms with van der Waals surface area (Å²) in [6, 6.07) is 0. The zero-order chi connectivity index (χ0) is 21.7. The van der Waals surface area contributed by atoms with E-state index in [0.29, 0.717) is 10.7 Å². The molecule has 0 aromatic rings. The highest BCUT2D eigenvalue weighted by atomic mass is 79.9. The molecule has 2 N–H and O–H groups in total. The van der Waals surface area contributed by atoms with Gasteiger partial charge in [0.15, 0.2) is 6.84 Å². The van der Waals surface area contributed by atoms with E-state index in [1.54, 1.807) is 0 Å². The predicted molar refractivity (Wildman–Crippen MR) is 132 cm³/mol. The third kappa shape index (κ3) is 8.08. The number of rotatable bonds is 13. The summed E-state index contributed by atoms with van der Waals surface area (Å²) in [5.74, 6) is 0. The molecule has 0 aliphatic rings. The Balaban J connectivity index is 6.15. The van der Waals surface area contributed by atoms with Crippen LogP contribution in [0, 0.1) is 10.8 Å². The molecule has 0 radical (unpaired) electrons. The molecule has 0 heterocycles. The van der Waals surface area contributed by atoms with Gasteiger partial charge in [-0.25, -0.2) is 9.24 Å². The first-order valence-corrected chi connectivity index (χ1v) is 14.8. The lowest BCUT2D eigenvalue weighted by Crippen LogP contribution is -2.43. The SMILES string of the molecule is CC(C)(CBr)C(Br)(Br)OP(=O)(OC(Br)(Br)C(C)(C)CBr)N(CCO)CCO. The highest BCUT2D eigenvalue weighted by molar-refractivity contribution is 9.25. The summed E-state index contributed by atoms with van der Waals surface area (Å²) < 4.78 is 24.8. The molecule has 6 nitrogen and oxygen atoms in total. The number of alkyl halides is 6. The van der Waals surface area contributed by atoms with E-state index in [-0.39, 0.29) is 26.3 Å². The smallest absolute Gasteiger partial charge is 0.395 e. The normalized spacial score (nSPS) is 14.9. The number of aliphatic hydroxyl groups is 2. The molecule has 0 fully saturated rings. The number of aliphatic hydroxyl groups excluding tert-OH is 2. The molecule has 0 aromatic carbocycles. The first-order chi connectivity index (χ1) is 12.1. The summed E-state index contributed by atoms with van der Waals surface area (Å²) in [6.45, 7) is 7.02. The molecule has 0 atom stereocenters. The Labute approximate surface area is 212 Å². The Morgan fingerprint density at radius 2 is 1.11 bits per heavy atom. The lowest BCUT2D eigenvalue weighted by Gasteiger charge is -2.44. The molecule has 164 valence electrons. The van der Waals surface area contributed by atoms with Crippen LogP contribution in [0.25, 0.3) is 0 Å². The zero-order valence-corrected chi connectivity index (χ0v) is 25.9. The quantitative estimate of drug-likeness (QED) is 0.172. The maximum atomic E-state index is 14.0. The van der Waals surface area contributed by atoms with Crippen molar-refractivity contribution in [2.24, 2.45) is 10.8 Å². The van der Waals surface area contributed by atoms with Crippen LogP contribution >= 0.6 is 103 Å². The van der Waals surface area contributed by atoms with Crippen molar-refractivity contribution >= 4 is 103 Å². The number of nitrogens with zero attached hydrogens (tertiary/aromatic N) is 1. The fourth-order valence-electron chi connectivity index (χ4n) is 1.41. The van der Waals surface area contributed by atoms with Gasteiger partial charge in [-0.3, -0.25) is 9.05 Å². The molecule has 13 heteroatoms. The third-order valence-corrected chi connectivity index (χ3v) is 14.6. The first-order valence-electron chi connectivity index (χ1n) is 7.92. The van der Waals surface area contributed by atoms with Crippen LogP contribution in [-0.4, -0.2) is 58.7 Å². The molecule has 0 bridgehead atoms. The number of hydrogen-bond acceptors (Lipinski definition) is 5. The topological polar surface area (TPSA) is 79.2 Å². The van der Waals surface area contributed by atoms with E-state index in [9.17, 15) is 14.8 Å². The van der Waals surface area contributed by atoms with E-state index in [2.05, 4.69) is 95.6 Å². The summed E-state index contributed by atoms with van der Waals surface area (Å²) in [4.78, 5) is 0. The van der Waals surface area contributed by atoms with Crippen molar-refractivity contribution in [1.29, 1.82) is 0 Å². The third-order valence-electron chi connectivity index (χ3n) is 3.77. The lowest BCUT2D eigenvalue weighted by atomic mass is 9.98. The van der Waals surface area contributed by atoms with E-state index in [1.807, 2.05) is 27.7 Å². The molecular formula is C14H26Br6NO5P. The van der Waals surface area contributed by atoms with Crippen LogP contribution in [0.15, 0.2) is 0 Å². The fourth-order valence-corrected chi connectivity index (χ4v) is 8.48. The molecule has 0 spiro atoms. The predicted octanol–water partition coefficient (Wildman–Crippen LogP) is 6.14. The lowest BCUT2D eigenvalue weighted by molar-refractivity contribution is 0.0502. The minimum atomic E-state index is -4.04. The second-order valence-electron chi connectivity index (χ2n) is 7.12. The van der Waals surface area contributed by atoms with Crippen LogP contribution in [0.5, 0.6) is 0 Å². The van der Waals surface area contributed by atoms with Gasteiger partial charge in [-0.05, 0) is 63.7 Å². The molecule has 0 amide bonds. The van der Waals surface area contributed by atoms with Crippen molar-refractivity contribution in [1.82, 2.24) is 4.67 Å². The van der Waals surface area contributed by atoms with E-state index in [0.717, 1.165) is 0 Å². The average Bonchev–Trinajstić information content (AvgIpc) is 2.53. The second-order valence-corrected chi connectivity index (χ2v) is 16.7. The molecule has 0 saturated heterocycles. The molecular weight excluding hydrogens is 773 g/mol. The Morgan fingerprint density at radius 1 is 0.815 bits per heavy atom. The van der Waals surface area contributed by atoms with Crippen LogP contribution in [0.3, 0.4) is 0 Å². The largest absolute Gasteiger partial charge is 0.412 e. The minimum absolute atomic E-state index is 0.00647. The van der Waals surface area contributed by atoms with Gasteiger partial charge < -0.3 is 10.2 Å². The Morgan fingerprint density at radius 3 is 1.33 bits per heavy atom. The maximum absolute atomic E-state index is 14.0. The minimum Gasteiger partial charge on any atom is -0.395 e. The van der Waals surface area contributed by atoms with Gasteiger partial charge in [0.1, 0.15) is 0 Å². The van der Waals surface area contributed by atoms with Gasteiger partial charge in [0, 0.05) is 34.6 Å². The Kier molecular flexibility index (Phi) is 12.9. The number of hydrogen-bond donors (Lipinski definition) is 2. The summed E-state index contributed by atoms with van der Waals surface area (Å²) in [5.41, 5.74) is -1.08. The van der Waals surface area contributed by atoms with Gasteiger partial charge in [-0.1, -0.05) is 59.6 Å². The van der Waals surface area contributed by atoms with Gasteiger partial charge in [0.25, 0.3) is 0 Å². The highest BCUT2D eigenvalue weighted by Gasteiger charge is 2.54. The van der Waals surface area contributed by atoms with Crippen molar-refractivity contribution in [2.75, 3.05) is 37.0 Å². The molecule has 0 aliphatic carbocycles. The van der Waals surface area contributed by atoms with Gasteiger partial charge in [0.2, 0.25) is 0 Å². The van der Waals surface area contributed by atoms with E-state index < -0.39 is 25.4 Å². The standard InChI is InChI=1S/C14H26Br6NO5P/c1-11(2,9-15)13(17,18)25-27(24,21(5-7-22)6-8-23)26-14(19,20)12(3,4)10-16/h22-23H,5-10H2,1-4H3. The van der Waals surface area contributed by atoms with Crippen molar-refractivity contribution in [3.05, 3.63) is 0 Å². The monoisotopic (exact) mass is 793 g/mol. The zero-order valence-electron chi connectivity index (χ0n) is 15.5. The van der Waals surface area contributed by atoms with Crippen LogP contribution in [0.4, 0.5) is 0 Å². The van der Waals surface area contributed by atoms with Crippen LogP contribution in [-0.2, 0) is 13.6 Å². The average molecular weight is 799 g/mol. The van der Waals surface area contributed by atoms with Crippen molar-refractivity contribution in [3.8, 4) is 0 Å². The molecule has 0 aliphatic heterocycles. The first kappa shape index (κ1) is 29.9. The summed E-state index contributed by atoms with van der Waals surface area (Å²) in [7, 11) is -4.04. The Hall–Kier alpha value is 2.91. The van der Waals surface area contributed by atoms with Gasteiger partial charge in [-0.2, -0.15) is 0 Å². The summed E-state index contributed by atoms with van der Waals surface area (Å²) in [5, 5.41) is 19.9. The van der Waals surface area contributed by atoms with Crippen LogP contribution in [0.2, 0.25) is 0 Å². The van der Waals surface area contributed by atoms with Gasteiger partial charge in [-0.15, -0.1) is 0 Å². The molecule has 0 aromatic heterocycles. The van der Waals surface area contributed by atoms with E-state index >= 15 is 0 Å². The van der Waals surface area contributed by atoms with Crippen molar-refractivity contribution in [2.45, 2.75) is 34.5 Å². The molecule has 0 unspecified atom stereocenters. The maximum Gasteiger partial charge on any atom is 0.412 e. The number of halogens is 6.